The summed E-state index contributed by atoms with van der Waals surface area (Å²) in [4.78, 5) is 30.9. The summed E-state index contributed by atoms with van der Waals surface area (Å²) in [6.07, 6.45) is 0.730. The van der Waals surface area contributed by atoms with Crippen LogP contribution in [0.3, 0.4) is 0 Å². The number of aliphatic hydroxyl groups excluding tert-OH is 1. The van der Waals surface area contributed by atoms with Crippen LogP contribution < -0.4 is 4.74 Å². The molecule has 2 heterocycles. The van der Waals surface area contributed by atoms with Crippen LogP contribution in [0.5, 0.6) is 5.75 Å². The van der Waals surface area contributed by atoms with E-state index in [0.29, 0.717) is 24.5 Å². The van der Waals surface area contributed by atoms with Crippen molar-refractivity contribution >= 4 is 28.8 Å². The van der Waals surface area contributed by atoms with Gasteiger partial charge in [-0.05, 0) is 87.2 Å². The quantitative estimate of drug-likeness (QED) is 0.243. The Hall–Kier alpha value is -3.42. The summed E-state index contributed by atoms with van der Waals surface area (Å²) in [6, 6.07) is 16.6. The molecular formula is C29H32N2O4S. The van der Waals surface area contributed by atoms with Gasteiger partial charge in [0.15, 0.2) is 0 Å². The zero-order valence-electron chi connectivity index (χ0n) is 21.2. The summed E-state index contributed by atoms with van der Waals surface area (Å²) < 4.78 is 5.97. The average Bonchev–Trinajstić information content (AvgIpc) is 3.38. The number of likely N-dealkylation sites (tertiary alicyclic amines) is 1. The number of aliphatic hydroxyl groups is 1. The maximum Gasteiger partial charge on any atom is 0.295 e. The third-order valence-electron chi connectivity index (χ3n) is 6.38. The van der Waals surface area contributed by atoms with Crippen LogP contribution in [0.1, 0.15) is 39.6 Å². The number of thiophene rings is 1. The third-order valence-corrected chi connectivity index (χ3v) is 7.45. The first kappa shape index (κ1) is 25.7. The van der Waals surface area contributed by atoms with Gasteiger partial charge in [0.1, 0.15) is 18.1 Å². The lowest BCUT2D eigenvalue weighted by molar-refractivity contribution is -0.139. The lowest BCUT2D eigenvalue weighted by atomic mass is 9.97. The Bertz CT molecular complexity index is 1280. The summed E-state index contributed by atoms with van der Waals surface area (Å²) in [5.41, 5.74) is 3.53. The number of amides is 1. The molecule has 1 saturated heterocycles. The molecule has 0 saturated carbocycles. The Morgan fingerprint density at radius 2 is 1.81 bits per heavy atom. The van der Waals surface area contributed by atoms with E-state index in [4.69, 9.17) is 4.74 Å². The number of benzene rings is 2. The van der Waals surface area contributed by atoms with Crippen LogP contribution in [0.15, 0.2) is 65.6 Å². The van der Waals surface area contributed by atoms with E-state index >= 15 is 0 Å². The molecule has 1 unspecified atom stereocenters. The van der Waals surface area contributed by atoms with E-state index < -0.39 is 17.7 Å². The molecule has 188 valence electrons. The highest BCUT2D eigenvalue weighted by Gasteiger charge is 2.46. The second-order valence-corrected chi connectivity index (χ2v) is 10.3. The normalized spacial score (nSPS) is 17.2. The van der Waals surface area contributed by atoms with Crippen LogP contribution in [-0.4, -0.2) is 53.8 Å². The number of ketones is 1. The molecule has 0 radical (unpaired) electrons. The first-order valence-corrected chi connectivity index (χ1v) is 12.9. The van der Waals surface area contributed by atoms with Gasteiger partial charge in [-0.1, -0.05) is 30.3 Å². The molecule has 2 aromatic carbocycles. The molecule has 1 aliphatic heterocycles. The molecule has 7 heteroatoms. The number of aryl methyl sites for hydroxylation is 2. The van der Waals surface area contributed by atoms with Crippen molar-refractivity contribution in [1.82, 2.24) is 9.80 Å². The van der Waals surface area contributed by atoms with Gasteiger partial charge >= 0.3 is 0 Å². The molecule has 0 bridgehead atoms. The van der Waals surface area contributed by atoms with E-state index in [0.717, 1.165) is 34.5 Å². The van der Waals surface area contributed by atoms with E-state index in [9.17, 15) is 14.7 Å². The molecule has 1 aromatic heterocycles. The highest BCUT2D eigenvalue weighted by Crippen LogP contribution is 2.42. The Morgan fingerprint density at radius 3 is 2.44 bits per heavy atom. The van der Waals surface area contributed by atoms with Gasteiger partial charge in [0.25, 0.3) is 11.7 Å². The molecule has 1 N–H and O–H groups in total. The molecule has 0 spiro atoms. The van der Waals surface area contributed by atoms with Crippen molar-refractivity contribution in [2.45, 2.75) is 32.9 Å². The van der Waals surface area contributed by atoms with Crippen molar-refractivity contribution in [3.8, 4) is 5.75 Å². The monoisotopic (exact) mass is 504 g/mol. The van der Waals surface area contributed by atoms with Crippen LogP contribution in [0, 0.1) is 13.8 Å². The summed E-state index contributed by atoms with van der Waals surface area (Å²) in [6.45, 7) is 5.53. The van der Waals surface area contributed by atoms with Crippen LogP contribution in [-0.2, 0) is 16.2 Å². The van der Waals surface area contributed by atoms with Gasteiger partial charge in [0, 0.05) is 17.0 Å². The molecule has 1 aliphatic rings. The van der Waals surface area contributed by atoms with Crippen molar-refractivity contribution in [1.29, 1.82) is 0 Å². The van der Waals surface area contributed by atoms with Crippen LogP contribution in [0.2, 0.25) is 0 Å². The molecule has 1 fully saturated rings. The van der Waals surface area contributed by atoms with Crippen molar-refractivity contribution in [2.75, 3.05) is 27.2 Å². The van der Waals surface area contributed by atoms with Crippen LogP contribution in [0.4, 0.5) is 0 Å². The molecule has 36 heavy (non-hydrogen) atoms. The fourth-order valence-corrected chi connectivity index (χ4v) is 5.50. The lowest BCUT2D eigenvalue weighted by Crippen LogP contribution is -2.32. The predicted octanol–water partition coefficient (Wildman–Crippen LogP) is 5.32. The number of rotatable bonds is 9. The standard InChI is InChI=1S/C29H32N2O4S/c1-19-13-16-36-28(19)25-24(27(33)29(34)31(25)15-8-14-30(3)4)26(32)22-11-12-23(20(2)17-22)35-18-21-9-6-5-7-10-21/h5-7,9-13,16-17,25,32H,8,14-15,18H2,1-4H3/b26-24-. The number of nitrogens with zero attached hydrogens (tertiary/aromatic N) is 2. The number of Topliss-reactive ketones (excluding diaryl/α,β-unsaturated/α-hetero) is 1. The largest absolute Gasteiger partial charge is 0.507 e. The highest BCUT2D eigenvalue weighted by atomic mass is 32.1. The summed E-state index contributed by atoms with van der Waals surface area (Å²) >= 11 is 1.50. The number of hydrogen-bond donors (Lipinski definition) is 1. The van der Waals surface area contributed by atoms with Gasteiger partial charge in [0.2, 0.25) is 0 Å². The van der Waals surface area contributed by atoms with Crippen LogP contribution in [0.25, 0.3) is 5.76 Å². The Kier molecular flexibility index (Phi) is 7.91. The minimum atomic E-state index is -0.641. The van der Waals surface area contributed by atoms with Crippen LogP contribution >= 0.6 is 11.3 Å². The molecule has 1 amide bonds. The second-order valence-electron chi connectivity index (χ2n) is 9.37. The third kappa shape index (κ3) is 5.37. The van der Waals surface area contributed by atoms with Gasteiger partial charge in [0.05, 0.1) is 11.6 Å². The van der Waals surface area contributed by atoms with Gasteiger partial charge in [-0.25, -0.2) is 0 Å². The van der Waals surface area contributed by atoms with Crippen molar-refractivity contribution < 1.29 is 19.4 Å². The number of hydrogen-bond acceptors (Lipinski definition) is 6. The summed E-state index contributed by atoms with van der Waals surface area (Å²) in [7, 11) is 3.95. The minimum absolute atomic E-state index is 0.146. The predicted molar refractivity (Wildman–Crippen MR) is 143 cm³/mol. The van der Waals surface area contributed by atoms with E-state index in [1.54, 1.807) is 23.1 Å². The molecule has 6 nitrogen and oxygen atoms in total. The molecular weight excluding hydrogens is 472 g/mol. The summed E-state index contributed by atoms with van der Waals surface area (Å²) in [5, 5.41) is 13.3. The highest BCUT2D eigenvalue weighted by molar-refractivity contribution is 7.10. The Labute approximate surface area is 216 Å². The molecule has 4 rings (SSSR count). The lowest BCUT2D eigenvalue weighted by Gasteiger charge is -2.25. The minimum Gasteiger partial charge on any atom is -0.507 e. The van der Waals surface area contributed by atoms with Crippen molar-refractivity contribution in [3.05, 3.63) is 92.7 Å². The second kappa shape index (κ2) is 11.1. The Balaban J connectivity index is 1.66. The van der Waals surface area contributed by atoms with Gasteiger partial charge in [-0.15, -0.1) is 11.3 Å². The fraction of sp³-hybridized carbons (Fsp3) is 0.310. The smallest absolute Gasteiger partial charge is 0.295 e. The van der Waals surface area contributed by atoms with Gasteiger partial charge in [-0.3, -0.25) is 9.59 Å². The fourth-order valence-electron chi connectivity index (χ4n) is 4.45. The Morgan fingerprint density at radius 1 is 1.06 bits per heavy atom. The topological polar surface area (TPSA) is 70.1 Å². The molecule has 1 atom stereocenters. The van der Waals surface area contributed by atoms with Crippen molar-refractivity contribution in [2.24, 2.45) is 0 Å². The van der Waals surface area contributed by atoms with E-state index in [-0.39, 0.29) is 11.3 Å². The van der Waals surface area contributed by atoms with E-state index in [1.165, 1.54) is 11.3 Å². The molecule has 0 aliphatic carbocycles. The van der Waals surface area contributed by atoms with E-state index in [2.05, 4.69) is 0 Å². The summed E-state index contributed by atoms with van der Waals surface area (Å²) in [5.74, 6) is -0.658. The SMILES string of the molecule is Cc1cc(/C(O)=C2/C(=O)C(=O)N(CCCN(C)C)C2c2sccc2C)ccc1OCc1ccccc1. The molecule has 3 aromatic rings. The first-order valence-electron chi connectivity index (χ1n) is 12.0. The maximum atomic E-state index is 13.2. The first-order chi connectivity index (χ1) is 17.3. The average molecular weight is 505 g/mol. The number of ether oxygens (including phenoxy) is 1. The van der Waals surface area contributed by atoms with E-state index in [1.807, 2.05) is 74.6 Å². The number of carbonyl (C=O) groups is 2. The maximum absolute atomic E-state index is 13.2. The van der Waals surface area contributed by atoms with Crippen molar-refractivity contribution in [3.63, 3.8) is 0 Å². The zero-order valence-corrected chi connectivity index (χ0v) is 22.0. The van der Waals surface area contributed by atoms with Gasteiger partial charge < -0.3 is 19.6 Å². The zero-order chi connectivity index (χ0) is 25.8. The number of carbonyl (C=O) groups excluding carboxylic acids is 2. The van der Waals surface area contributed by atoms with Gasteiger partial charge in [-0.2, -0.15) is 0 Å².